The van der Waals surface area contributed by atoms with Gasteiger partial charge in [-0.25, -0.2) is 14.2 Å². The molecule has 2 N–H and O–H groups in total. The first-order chi connectivity index (χ1) is 20.7. The van der Waals surface area contributed by atoms with E-state index in [2.05, 4.69) is 15.6 Å². The van der Waals surface area contributed by atoms with E-state index in [1.165, 1.54) is 11.0 Å². The highest BCUT2D eigenvalue weighted by Crippen LogP contribution is 2.34. The normalized spacial score (nSPS) is 21.4. The number of aliphatic imine (C=N–C) groups is 1. The van der Waals surface area contributed by atoms with Crippen LogP contribution in [0.3, 0.4) is 0 Å². The molecule has 43 heavy (non-hydrogen) atoms. The van der Waals surface area contributed by atoms with Crippen molar-refractivity contribution < 1.29 is 18.8 Å². The van der Waals surface area contributed by atoms with E-state index < -0.39 is 23.9 Å². The van der Waals surface area contributed by atoms with Crippen LogP contribution in [0.2, 0.25) is 0 Å². The number of anilines is 2. The number of nitrogens with zero attached hydrogens (tertiary/aromatic N) is 3. The number of carbonyl (C=O) groups excluding carboxylic acids is 3. The number of benzene rings is 3. The van der Waals surface area contributed by atoms with Gasteiger partial charge in [0.05, 0.1) is 11.4 Å². The standard InChI is InChI=1S/C34H36FN5O3/c1-21-15-22(2)17-25(16-21)36-34(43)38-32-33(42)40(20-30(41)39-18-23-11-12-24(19-39)14-13-23)29-10-6-4-8-27(29)31(37-32)26-7-3-5-9-28(26)35/h3-10,15-17,23-24,32H,11-14,18-20H2,1-2H3,(H2,36,38,43). The number of urea groups is 1. The SMILES string of the molecule is Cc1cc(C)cc(NC(=O)NC2N=C(c3ccccc3F)c3ccccc3N(CC(=O)N3CC4CCC(CC4)C3)C2=O)c1. The Morgan fingerprint density at radius 1 is 0.884 bits per heavy atom. The molecule has 3 aromatic rings. The summed E-state index contributed by atoms with van der Waals surface area (Å²) in [5, 5.41) is 5.48. The van der Waals surface area contributed by atoms with Crippen molar-refractivity contribution >= 4 is 34.9 Å². The van der Waals surface area contributed by atoms with E-state index >= 15 is 4.39 Å². The van der Waals surface area contributed by atoms with Crippen LogP contribution in [0.4, 0.5) is 20.6 Å². The summed E-state index contributed by atoms with van der Waals surface area (Å²) in [5.74, 6) is -0.259. The first-order valence-electron chi connectivity index (χ1n) is 14.9. The Hall–Kier alpha value is -4.53. The first-order valence-corrected chi connectivity index (χ1v) is 14.9. The number of hydrogen-bond donors (Lipinski definition) is 2. The highest BCUT2D eigenvalue weighted by atomic mass is 19.1. The van der Waals surface area contributed by atoms with E-state index in [4.69, 9.17) is 0 Å². The number of amides is 4. The molecular weight excluding hydrogens is 545 g/mol. The number of hydrogen-bond acceptors (Lipinski definition) is 4. The largest absolute Gasteiger partial charge is 0.341 e. The third-order valence-corrected chi connectivity index (χ3v) is 8.65. The fourth-order valence-electron chi connectivity index (χ4n) is 6.63. The van der Waals surface area contributed by atoms with Gasteiger partial charge in [0.15, 0.2) is 0 Å². The molecule has 2 saturated heterocycles. The quantitative estimate of drug-likeness (QED) is 0.421. The molecule has 3 heterocycles. The molecule has 4 aliphatic rings. The minimum Gasteiger partial charge on any atom is -0.341 e. The number of halogens is 1. The van der Waals surface area contributed by atoms with Crippen LogP contribution in [-0.4, -0.2) is 54.3 Å². The van der Waals surface area contributed by atoms with E-state index in [-0.39, 0.29) is 23.7 Å². The van der Waals surface area contributed by atoms with Crippen LogP contribution in [-0.2, 0) is 9.59 Å². The van der Waals surface area contributed by atoms with Crippen molar-refractivity contribution in [3.63, 3.8) is 0 Å². The number of rotatable bonds is 5. The van der Waals surface area contributed by atoms with E-state index in [9.17, 15) is 14.4 Å². The van der Waals surface area contributed by atoms with Gasteiger partial charge in [0.25, 0.3) is 5.91 Å². The smallest absolute Gasteiger partial charge is 0.321 e. The summed E-state index contributed by atoms with van der Waals surface area (Å²) in [7, 11) is 0. The van der Waals surface area contributed by atoms with E-state index in [1.54, 1.807) is 42.5 Å². The Kier molecular flexibility index (Phi) is 7.97. The lowest BCUT2D eigenvalue weighted by Gasteiger charge is -2.29. The molecule has 0 radical (unpaired) electrons. The van der Waals surface area contributed by atoms with Crippen molar-refractivity contribution in [3.05, 3.63) is 94.8 Å². The molecule has 1 aliphatic carbocycles. The Morgan fingerprint density at radius 2 is 1.49 bits per heavy atom. The summed E-state index contributed by atoms with van der Waals surface area (Å²) in [6.45, 7) is 5.04. The van der Waals surface area contributed by atoms with Crippen LogP contribution in [0, 0.1) is 31.5 Å². The second-order valence-corrected chi connectivity index (χ2v) is 12.0. The molecule has 3 aliphatic heterocycles. The van der Waals surface area contributed by atoms with Gasteiger partial charge in [-0.15, -0.1) is 0 Å². The Labute approximate surface area is 251 Å². The average molecular weight is 582 g/mol. The van der Waals surface area contributed by atoms with Crippen molar-refractivity contribution in [2.24, 2.45) is 16.8 Å². The van der Waals surface area contributed by atoms with Crippen LogP contribution in [0.25, 0.3) is 0 Å². The molecule has 0 aromatic heterocycles. The Bertz CT molecular complexity index is 1560. The average Bonchev–Trinajstić information content (AvgIpc) is 3.36. The summed E-state index contributed by atoms with van der Waals surface area (Å²) < 4.78 is 15.2. The summed E-state index contributed by atoms with van der Waals surface area (Å²) in [5.41, 5.74) is 3.89. The van der Waals surface area contributed by atoms with Crippen molar-refractivity contribution in [3.8, 4) is 0 Å². The predicted octanol–water partition coefficient (Wildman–Crippen LogP) is 5.42. The zero-order valence-electron chi connectivity index (χ0n) is 24.5. The third kappa shape index (κ3) is 6.16. The highest BCUT2D eigenvalue weighted by Gasteiger charge is 2.37. The third-order valence-electron chi connectivity index (χ3n) is 8.65. The minimum atomic E-state index is -1.40. The van der Waals surface area contributed by atoms with Crippen LogP contribution in [0.1, 0.15) is 47.9 Å². The summed E-state index contributed by atoms with van der Waals surface area (Å²) >= 11 is 0. The second kappa shape index (κ2) is 12.0. The van der Waals surface area contributed by atoms with Crippen LogP contribution < -0.4 is 15.5 Å². The molecule has 9 heteroatoms. The lowest BCUT2D eigenvalue weighted by atomic mass is 9.84. The van der Waals surface area contributed by atoms with E-state index in [0.717, 1.165) is 36.8 Å². The van der Waals surface area contributed by atoms with Gasteiger partial charge in [-0.2, -0.15) is 0 Å². The molecule has 8 nitrogen and oxygen atoms in total. The van der Waals surface area contributed by atoms with Crippen molar-refractivity contribution in [2.75, 3.05) is 29.9 Å². The molecule has 222 valence electrons. The molecule has 1 unspecified atom stereocenters. The van der Waals surface area contributed by atoms with E-state index in [1.807, 2.05) is 36.9 Å². The Balaban J connectivity index is 1.35. The fraction of sp³-hybridized carbons (Fsp3) is 0.353. The fourth-order valence-corrected chi connectivity index (χ4v) is 6.63. The van der Waals surface area contributed by atoms with Crippen molar-refractivity contribution in [1.82, 2.24) is 10.2 Å². The monoisotopic (exact) mass is 581 g/mol. The molecule has 0 spiro atoms. The number of aryl methyl sites for hydroxylation is 2. The zero-order valence-corrected chi connectivity index (χ0v) is 24.5. The topological polar surface area (TPSA) is 94.1 Å². The summed E-state index contributed by atoms with van der Waals surface area (Å²) in [6.07, 6.45) is 3.10. The van der Waals surface area contributed by atoms with Gasteiger partial charge in [-0.05, 0) is 92.8 Å². The highest BCUT2D eigenvalue weighted by molar-refractivity contribution is 6.21. The van der Waals surface area contributed by atoms with Gasteiger partial charge in [0.1, 0.15) is 12.4 Å². The van der Waals surface area contributed by atoms with E-state index in [0.29, 0.717) is 41.9 Å². The second-order valence-electron chi connectivity index (χ2n) is 12.0. The van der Waals surface area contributed by atoms with Crippen molar-refractivity contribution in [1.29, 1.82) is 0 Å². The van der Waals surface area contributed by atoms with Gasteiger partial charge >= 0.3 is 6.03 Å². The lowest BCUT2D eigenvalue weighted by Crippen LogP contribution is -2.51. The van der Waals surface area contributed by atoms with Gasteiger partial charge in [0, 0.05) is 29.9 Å². The maximum absolute atomic E-state index is 15.2. The number of nitrogens with one attached hydrogen (secondary N) is 2. The van der Waals surface area contributed by atoms with Gasteiger partial charge in [-0.1, -0.05) is 36.4 Å². The van der Waals surface area contributed by atoms with Gasteiger partial charge in [-0.3, -0.25) is 14.5 Å². The number of carbonyl (C=O) groups is 3. The maximum atomic E-state index is 15.2. The molecule has 1 atom stereocenters. The van der Waals surface area contributed by atoms with Crippen molar-refractivity contribution in [2.45, 2.75) is 45.7 Å². The lowest BCUT2D eigenvalue weighted by molar-refractivity contribution is -0.132. The molecule has 2 bridgehead atoms. The molecule has 3 fully saturated rings. The zero-order chi connectivity index (χ0) is 30.1. The molecule has 3 aromatic carbocycles. The Morgan fingerprint density at radius 3 is 2.14 bits per heavy atom. The van der Waals surface area contributed by atoms with Gasteiger partial charge < -0.3 is 15.5 Å². The molecule has 4 amide bonds. The maximum Gasteiger partial charge on any atom is 0.321 e. The number of fused-ring (bicyclic) bond motifs is 5. The molecule has 7 rings (SSSR count). The minimum absolute atomic E-state index is 0.144. The number of para-hydroxylation sites is 1. The van der Waals surface area contributed by atoms with Crippen LogP contribution in [0.15, 0.2) is 71.7 Å². The van der Waals surface area contributed by atoms with Crippen LogP contribution >= 0.6 is 0 Å². The number of benzodiazepines with no additional fused rings is 1. The summed E-state index contributed by atoms with van der Waals surface area (Å²) in [6, 6.07) is 18.3. The van der Waals surface area contributed by atoms with Crippen LogP contribution in [0.5, 0.6) is 0 Å². The molecular formula is C34H36FN5O3. The molecule has 1 saturated carbocycles. The predicted molar refractivity (Wildman–Crippen MR) is 165 cm³/mol. The van der Waals surface area contributed by atoms with Gasteiger partial charge in [0.2, 0.25) is 12.1 Å². The summed E-state index contributed by atoms with van der Waals surface area (Å²) in [4.78, 5) is 49.2. The first kappa shape index (κ1) is 28.6.